The molecule has 2 amide bonds. The van der Waals surface area contributed by atoms with Crippen molar-refractivity contribution >= 4 is 45.2 Å². The Morgan fingerprint density at radius 2 is 1.83 bits per heavy atom. The third-order valence-corrected chi connectivity index (χ3v) is 5.75. The average molecular weight is 481 g/mol. The molecule has 0 aliphatic carbocycles. The predicted molar refractivity (Wildman–Crippen MR) is 121 cm³/mol. The Morgan fingerprint density at radius 3 is 2.45 bits per heavy atom. The van der Waals surface area contributed by atoms with E-state index in [9.17, 15) is 9.59 Å². The number of hydrogen-bond acceptors (Lipinski definition) is 5. The van der Waals surface area contributed by atoms with Gasteiger partial charge in [0, 0.05) is 23.3 Å². The molecule has 1 unspecified atom stereocenters. The Morgan fingerprint density at radius 1 is 1.14 bits per heavy atom. The van der Waals surface area contributed by atoms with E-state index >= 15 is 0 Å². The van der Waals surface area contributed by atoms with Crippen LogP contribution in [0.15, 0.2) is 46.9 Å². The minimum atomic E-state index is -0.653. The van der Waals surface area contributed by atoms with E-state index in [1.807, 2.05) is 12.3 Å². The van der Waals surface area contributed by atoms with Crippen molar-refractivity contribution in [3.8, 4) is 11.5 Å². The van der Waals surface area contributed by atoms with Crippen molar-refractivity contribution in [1.29, 1.82) is 0 Å². The number of ether oxygens (including phenoxy) is 2. The van der Waals surface area contributed by atoms with Crippen LogP contribution in [0, 0.1) is 0 Å². The zero-order valence-electron chi connectivity index (χ0n) is 16.9. The third kappa shape index (κ3) is 5.90. The SMILES string of the molecule is COc1ccc(N(C)C(=O)C(CCSC)NC(=O)c2ccccc2Br)cc1OC. The predicted octanol–water partition coefficient (Wildman–Crippen LogP) is 3.98. The third-order valence-electron chi connectivity index (χ3n) is 4.42. The fourth-order valence-corrected chi connectivity index (χ4v) is 3.71. The van der Waals surface area contributed by atoms with Crippen LogP contribution in [0.5, 0.6) is 11.5 Å². The quantitative estimate of drug-likeness (QED) is 0.587. The van der Waals surface area contributed by atoms with Crippen LogP contribution in [0.4, 0.5) is 5.69 Å². The monoisotopic (exact) mass is 480 g/mol. The molecular weight excluding hydrogens is 456 g/mol. The maximum atomic E-state index is 13.2. The van der Waals surface area contributed by atoms with Crippen molar-refractivity contribution in [1.82, 2.24) is 5.32 Å². The topological polar surface area (TPSA) is 67.9 Å². The Bertz CT molecular complexity index is 862. The number of carbonyl (C=O) groups excluding carboxylic acids is 2. The standard InChI is InChI=1S/C21H25BrN2O4S/c1-24(14-9-10-18(27-2)19(13-14)28-3)21(26)17(11-12-29-4)23-20(25)15-7-5-6-8-16(15)22/h5-10,13,17H,11-12H2,1-4H3,(H,23,25). The van der Waals surface area contributed by atoms with Crippen molar-refractivity contribution in [3.63, 3.8) is 0 Å². The lowest BCUT2D eigenvalue weighted by molar-refractivity contribution is -0.120. The van der Waals surface area contributed by atoms with Crippen LogP contribution < -0.4 is 19.7 Å². The highest BCUT2D eigenvalue weighted by Gasteiger charge is 2.26. The normalized spacial score (nSPS) is 11.5. The molecule has 2 aromatic carbocycles. The van der Waals surface area contributed by atoms with Gasteiger partial charge in [0.15, 0.2) is 11.5 Å². The first-order valence-corrected chi connectivity index (χ1v) is 11.2. The largest absolute Gasteiger partial charge is 0.493 e. The highest BCUT2D eigenvalue weighted by Crippen LogP contribution is 2.31. The molecule has 0 radical (unpaired) electrons. The highest BCUT2D eigenvalue weighted by molar-refractivity contribution is 9.10. The molecule has 0 aliphatic rings. The number of nitrogens with one attached hydrogen (secondary N) is 1. The zero-order valence-corrected chi connectivity index (χ0v) is 19.3. The Hall–Kier alpha value is -2.19. The van der Waals surface area contributed by atoms with Gasteiger partial charge in [-0.1, -0.05) is 12.1 Å². The highest BCUT2D eigenvalue weighted by atomic mass is 79.9. The zero-order chi connectivity index (χ0) is 21.4. The van der Waals surface area contributed by atoms with Gasteiger partial charge in [0.25, 0.3) is 5.91 Å². The molecule has 0 aliphatic heterocycles. The van der Waals surface area contributed by atoms with Gasteiger partial charge >= 0.3 is 0 Å². The molecule has 0 bridgehead atoms. The summed E-state index contributed by atoms with van der Waals surface area (Å²) in [5, 5.41) is 2.88. The van der Waals surface area contributed by atoms with Gasteiger partial charge in [-0.05, 0) is 58.6 Å². The minimum Gasteiger partial charge on any atom is -0.493 e. The number of carbonyl (C=O) groups is 2. The molecule has 1 atom stereocenters. The summed E-state index contributed by atoms with van der Waals surface area (Å²) in [5.41, 5.74) is 1.14. The van der Waals surface area contributed by atoms with Crippen LogP contribution in [0.2, 0.25) is 0 Å². The summed E-state index contributed by atoms with van der Waals surface area (Å²) in [6.45, 7) is 0. The van der Waals surface area contributed by atoms with Crippen molar-refractivity contribution in [2.45, 2.75) is 12.5 Å². The summed E-state index contributed by atoms with van der Waals surface area (Å²) in [7, 11) is 4.78. The van der Waals surface area contributed by atoms with Crippen LogP contribution in [-0.4, -0.2) is 51.1 Å². The van der Waals surface area contributed by atoms with E-state index in [1.165, 1.54) is 4.90 Å². The second-order valence-electron chi connectivity index (χ2n) is 6.22. The average Bonchev–Trinajstić information content (AvgIpc) is 2.75. The maximum Gasteiger partial charge on any atom is 0.253 e. The number of rotatable bonds is 9. The second-order valence-corrected chi connectivity index (χ2v) is 8.06. The molecule has 2 aromatic rings. The molecule has 156 valence electrons. The lowest BCUT2D eigenvalue weighted by Gasteiger charge is -2.25. The number of likely N-dealkylation sites (N-methyl/N-ethyl adjacent to an activating group) is 1. The molecule has 0 fully saturated rings. The van der Waals surface area contributed by atoms with E-state index in [2.05, 4.69) is 21.2 Å². The first-order valence-electron chi connectivity index (χ1n) is 8.96. The van der Waals surface area contributed by atoms with Gasteiger partial charge in [0.05, 0.1) is 19.8 Å². The molecule has 0 saturated carbocycles. The van der Waals surface area contributed by atoms with E-state index in [0.29, 0.717) is 33.6 Å². The first-order chi connectivity index (χ1) is 13.9. The number of methoxy groups -OCH3 is 2. The lowest BCUT2D eigenvalue weighted by Crippen LogP contribution is -2.48. The summed E-state index contributed by atoms with van der Waals surface area (Å²) >= 11 is 5.01. The van der Waals surface area contributed by atoms with Crippen molar-refractivity contribution in [3.05, 3.63) is 52.5 Å². The summed E-state index contributed by atoms with van der Waals surface area (Å²) < 4.78 is 11.3. The van der Waals surface area contributed by atoms with Crippen molar-refractivity contribution in [2.24, 2.45) is 0 Å². The minimum absolute atomic E-state index is 0.202. The van der Waals surface area contributed by atoms with Gasteiger partial charge in [-0.15, -0.1) is 0 Å². The summed E-state index contributed by atoms with van der Waals surface area (Å²) in [5.74, 6) is 1.36. The Balaban J connectivity index is 2.23. The van der Waals surface area contributed by atoms with Crippen LogP contribution in [0.25, 0.3) is 0 Å². The molecule has 29 heavy (non-hydrogen) atoms. The summed E-state index contributed by atoms with van der Waals surface area (Å²) in [4.78, 5) is 27.4. The van der Waals surface area contributed by atoms with E-state index in [1.54, 1.807) is 69.4 Å². The molecule has 0 saturated heterocycles. The van der Waals surface area contributed by atoms with Crippen LogP contribution >= 0.6 is 27.7 Å². The Kier molecular flexibility index (Phi) is 8.85. The van der Waals surface area contributed by atoms with E-state index < -0.39 is 6.04 Å². The fourth-order valence-electron chi connectivity index (χ4n) is 2.77. The van der Waals surface area contributed by atoms with Gasteiger partial charge < -0.3 is 19.7 Å². The van der Waals surface area contributed by atoms with E-state index in [-0.39, 0.29) is 11.8 Å². The first kappa shape index (κ1) is 23.1. The molecule has 1 N–H and O–H groups in total. The number of halogens is 1. The van der Waals surface area contributed by atoms with Crippen molar-refractivity contribution < 1.29 is 19.1 Å². The van der Waals surface area contributed by atoms with Crippen molar-refractivity contribution in [2.75, 3.05) is 38.2 Å². The number of nitrogens with zero attached hydrogens (tertiary/aromatic N) is 1. The number of thioether (sulfide) groups is 1. The summed E-state index contributed by atoms with van der Waals surface area (Å²) in [6.07, 6.45) is 2.49. The number of hydrogen-bond donors (Lipinski definition) is 1. The van der Waals surface area contributed by atoms with Gasteiger partial charge in [0.2, 0.25) is 5.91 Å². The molecule has 0 heterocycles. The van der Waals surface area contributed by atoms with Gasteiger partial charge in [0.1, 0.15) is 6.04 Å². The molecular formula is C21H25BrN2O4S. The number of anilines is 1. The molecule has 2 rings (SSSR count). The molecule has 8 heteroatoms. The molecule has 6 nitrogen and oxygen atoms in total. The van der Waals surface area contributed by atoms with Crippen LogP contribution in [0.3, 0.4) is 0 Å². The Labute approximate surface area is 184 Å². The number of amides is 2. The lowest BCUT2D eigenvalue weighted by atomic mass is 10.1. The second kappa shape index (κ2) is 11.1. The van der Waals surface area contributed by atoms with Crippen LogP contribution in [-0.2, 0) is 4.79 Å². The fraction of sp³-hybridized carbons (Fsp3) is 0.333. The van der Waals surface area contributed by atoms with E-state index in [0.717, 1.165) is 5.75 Å². The molecule has 0 aromatic heterocycles. The van der Waals surface area contributed by atoms with Gasteiger partial charge in [-0.25, -0.2) is 0 Å². The van der Waals surface area contributed by atoms with Gasteiger partial charge in [-0.3, -0.25) is 9.59 Å². The van der Waals surface area contributed by atoms with Crippen LogP contribution in [0.1, 0.15) is 16.8 Å². The maximum absolute atomic E-state index is 13.2. The molecule has 0 spiro atoms. The van der Waals surface area contributed by atoms with E-state index in [4.69, 9.17) is 9.47 Å². The number of benzene rings is 2. The summed E-state index contributed by atoms with van der Waals surface area (Å²) in [6, 6.07) is 11.7. The smallest absolute Gasteiger partial charge is 0.253 e. The van der Waals surface area contributed by atoms with Gasteiger partial charge in [-0.2, -0.15) is 11.8 Å².